The molecular formula is C9H12O2. The summed E-state index contributed by atoms with van der Waals surface area (Å²) >= 11 is 0. The van der Waals surface area contributed by atoms with Crippen LogP contribution in [0.3, 0.4) is 0 Å². The molecule has 1 atom stereocenters. The van der Waals surface area contributed by atoms with Crippen LogP contribution in [0.1, 0.15) is 25.0 Å². The fourth-order valence-electron chi connectivity index (χ4n) is 1.04. The standard InChI is InChI=1S/C9H12O2/c1-2-9(11-10)8-6-4-3-5-7-8/h3-7,9-10H,2H2,1H3/t9-/m1/s1. The molecule has 11 heavy (non-hydrogen) atoms. The van der Waals surface area contributed by atoms with Crippen LogP contribution >= 0.6 is 0 Å². The molecule has 0 amide bonds. The lowest BCUT2D eigenvalue weighted by molar-refractivity contribution is -0.282. The Hall–Kier alpha value is -0.860. The Labute approximate surface area is 66.4 Å². The van der Waals surface area contributed by atoms with Gasteiger partial charge in [-0.05, 0) is 12.0 Å². The first kappa shape index (κ1) is 8.24. The average molecular weight is 152 g/mol. The minimum Gasteiger partial charge on any atom is -0.251 e. The Morgan fingerprint density at radius 2 is 2.00 bits per heavy atom. The van der Waals surface area contributed by atoms with Crippen LogP contribution in [0.5, 0.6) is 0 Å². The molecule has 0 heterocycles. The maximum absolute atomic E-state index is 8.48. The molecule has 0 spiro atoms. The number of hydrogen-bond donors (Lipinski definition) is 1. The quantitative estimate of drug-likeness (QED) is 0.533. The Morgan fingerprint density at radius 3 is 2.45 bits per heavy atom. The first-order chi connectivity index (χ1) is 5.38. The van der Waals surface area contributed by atoms with Crippen LogP contribution < -0.4 is 0 Å². The van der Waals surface area contributed by atoms with Crippen molar-refractivity contribution in [2.45, 2.75) is 19.4 Å². The summed E-state index contributed by atoms with van der Waals surface area (Å²) in [6, 6.07) is 9.66. The first-order valence-corrected chi connectivity index (χ1v) is 3.73. The van der Waals surface area contributed by atoms with E-state index in [1.807, 2.05) is 37.3 Å². The highest BCUT2D eigenvalue weighted by atomic mass is 17.1. The lowest BCUT2D eigenvalue weighted by Gasteiger charge is -2.09. The molecule has 1 N–H and O–H groups in total. The van der Waals surface area contributed by atoms with Gasteiger partial charge in [0.2, 0.25) is 0 Å². The second-order valence-corrected chi connectivity index (χ2v) is 2.41. The van der Waals surface area contributed by atoms with Gasteiger partial charge in [0, 0.05) is 0 Å². The molecule has 0 saturated carbocycles. The van der Waals surface area contributed by atoms with Crippen molar-refractivity contribution < 1.29 is 10.1 Å². The minimum absolute atomic E-state index is 0.184. The molecule has 1 rings (SSSR count). The Balaban J connectivity index is 2.74. The molecule has 0 aliphatic carbocycles. The van der Waals surface area contributed by atoms with E-state index in [0.717, 1.165) is 12.0 Å². The lowest BCUT2D eigenvalue weighted by Crippen LogP contribution is -1.98. The van der Waals surface area contributed by atoms with E-state index in [-0.39, 0.29) is 6.10 Å². The summed E-state index contributed by atoms with van der Waals surface area (Å²) in [4.78, 5) is 4.29. The zero-order chi connectivity index (χ0) is 8.10. The number of rotatable bonds is 3. The van der Waals surface area contributed by atoms with Gasteiger partial charge in [-0.2, -0.15) is 0 Å². The SMILES string of the molecule is CC[C@@H](OO)c1ccccc1. The van der Waals surface area contributed by atoms with Crippen molar-refractivity contribution in [2.75, 3.05) is 0 Å². The number of benzene rings is 1. The van der Waals surface area contributed by atoms with Crippen LogP contribution in [-0.4, -0.2) is 5.26 Å². The molecule has 0 fully saturated rings. The van der Waals surface area contributed by atoms with Gasteiger partial charge >= 0.3 is 0 Å². The summed E-state index contributed by atoms with van der Waals surface area (Å²) in [6.07, 6.45) is 0.594. The van der Waals surface area contributed by atoms with Crippen molar-refractivity contribution in [1.29, 1.82) is 0 Å². The Bertz CT molecular complexity index is 192. The predicted molar refractivity (Wildman–Crippen MR) is 43.2 cm³/mol. The molecule has 60 valence electrons. The van der Waals surface area contributed by atoms with Crippen LogP contribution in [0, 0.1) is 0 Å². The van der Waals surface area contributed by atoms with Crippen LogP contribution in [0.15, 0.2) is 30.3 Å². The van der Waals surface area contributed by atoms with Crippen LogP contribution in [-0.2, 0) is 4.89 Å². The minimum atomic E-state index is -0.184. The van der Waals surface area contributed by atoms with E-state index in [1.54, 1.807) is 0 Å². The summed E-state index contributed by atoms with van der Waals surface area (Å²) in [6.45, 7) is 1.97. The molecule has 1 aromatic carbocycles. The van der Waals surface area contributed by atoms with Gasteiger partial charge in [-0.1, -0.05) is 37.3 Å². The normalized spacial score (nSPS) is 12.9. The second-order valence-electron chi connectivity index (χ2n) is 2.41. The van der Waals surface area contributed by atoms with Gasteiger partial charge in [-0.15, -0.1) is 0 Å². The zero-order valence-electron chi connectivity index (χ0n) is 6.53. The maximum Gasteiger partial charge on any atom is 0.117 e. The van der Waals surface area contributed by atoms with E-state index in [0.29, 0.717) is 0 Å². The van der Waals surface area contributed by atoms with Crippen LogP contribution in [0.25, 0.3) is 0 Å². The van der Waals surface area contributed by atoms with Crippen molar-refractivity contribution in [3.05, 3.63) is 35.9 Å². The molecule has 0 radical (unpaired) electrons. The molecule has 0 unspecified atom stereocenters. The second kappa shape index (κ2) is 4.11. The summed E-state index contributed by atoms with van der Waals surface area (Å²) in [5, 5.41) is 8.48. The van der Waals surface area contributed by atoms with Crippen molar-refractivity contribution >= 4 is 0 Å². The largest absolute Gasteiger partial charge is 0.251 e. The molecule has 0 bridgehead atoms. The highest BCUT2D eigenvalue weighted by molar-refractivity contribution is 5.17. The van der Waals surface area contributed by atoms with Crippen molar-refractivity contribution in [1.82, 2.24) is 0 Å². The summed E-state index contributed by atoms with van der Waals surface area (Å²) in [5.74, 6) is 0. The Morgan fingerprint density at radius 1 is 1.36 bits per heavy atom. The fraction of sp³-hybridized carbons (Fsp3) is 0.333. The van der Waals surface area contributed by atoms with Crippen LogP contribution in [0.2, 0.25) is 0 Å². The topological polar surface area (TPSA) is 29.5 Å². The highest BCUT2D eigenvalue weighted by Gasteiger charge is 2.06. The maximum atomic E-state index is 8.48. The smallest absolute Gasteiger partial charge is 0.117 e. The van der Waals surface area contributed by atoms with Crippen molar-refractivity contribution in [3.8, 4) is 0 Å². The summed E-state index contributed by atoms with van der Waals surface area (Å²) in [5.41, 5.74) is 1.01. The molecule has 2 heteroatoms. The molecule has 2 nitrogen and oxygen atoms in total. The van der Waals surface area contributed by atoms with Gasteiger partial charge in [0.25, 0.3) is 0 Å². The van der Waals surface area contributed by atoms with Crippen molar-refractivity contribution in [2.24, 2.45) is 0 Å². The van der Waals surface area contributed by atoms with Crippen LogP contribution in [0.4, 0.5) is 0 Å². The highest BCUT2D eigenvalue weighted by Crippen LogP contribution is 2.18. The van der Waals surface area contributed by atoms with Gasteiger partial charge in [0.15, 0.2) is 0 Å². The van der Waals surface area contributed by atoms with E-state index < -0.39 is 0 Å². The molecule has 0 aliphatic heterocycles. The van der Waals surface area contributed by atoms with E-state index in [2.05, 4.69) is 4.89 Å². The van der Waals surface area contributed by atoms with Gasteiger partial charge in [-0.25, -0.2) is 4.89 Å². The molecule has 1 aromatic rings. The van der Waals surface area contributed by atoms with E-state index in [4.69, 9.17) is 5.26 Å². The van der Waals surface area contributed by atoms with Gasteiger partial charge in [0.05, 0.1) is 0 Å². The third kappa shape index (κ3) is 2.03. The van der Waals surface area contributed by atoms with Gasteiger partial charge in [-0.3, -0.25) is 5.26 Å². The fourth-order valence-corrected chi connectivity index (χ4v) is 1.04. The van der Waals surface area contributed by atoms with Crippen molar-refractivity contribution in [3.63, 3.8) is 0 Å². The van der Waals surface area contributed by atoms with Gasteiger partial charge < -0.3 is 0 Å². The molecular weight excluding hydrogens is 140 g/mol. The lowest BCUT2D eigenvalue weighted by atomic mass is 10.1. The average Bonchev–Trinajstić information content (AvgIpc) is 2.09. The monoisotopic (exact) mass is 152 g/mol. The van der Waals surface area contributed by atoms with E-state index in [1.165, 1.54) is 0 Å². The third-order valence-electron chi connectivity index (χ3n) is 1.67. The first-order valence-electron chi connectivity index (χ1n) is 3.73. The van der Waals surface area contributed by atoms with E-state index in [9.17, 15) is 0 Å². The molecule has 0 saturated heterocycles. The van der Waals surface area contributed by atoms with Gasteiger partial charge in [0.1, 0.15) is 6.10 Å². The molecule has 0 aliphatic rings. The summed E-state index contributed by atoms with van der Waals surface area (Å²) in [7, 11) is 0. The zero-order valence-corrected chi connectivity index (χ0v) is 6.53. The Kier molecular flexibility index (Phi) is 3.08. The van der Waals surface area contributed by atoms with E-state index >= 15 is 0 Å². The third-order valence-corrected chi connectivity index (χ3v) is 1.67. The molecule has 0 aromatic heterocycles. The summed E-state index contributed by atoms with van der Waals surface area (Å²) < 4.78 is 0. The predicted octanol–water partition coefficient (Wildman–Crippen LogP) is 2.63. The number of hydrogen-bond acceptors (Lipinski definition) is 2.